The van der Waals surface area contributed by atoms with Crippen molar-refractivity contribution < 1.29 is 0 Å². The molecule has 2 N–H and O–H groups in total. The van der Waals surface area contributed by atoms with Gasteiger partial charge in [-0.15, -0.1) is 0 Å². The SMILES string of the molecule is NC(=S)c1ccc(C=Nc2ccccc2)cc1. The van der Waals surface area contributed by atoms with Gasteiger partial charge in [-0.2, -0.15) is 0 Å². The first-order valence-electron chi connectivity index (χ1n) is 5.25. The fraction of sp³-hybridized carbons (Fsp3) is 0. The van der Waals surface area contributed by atoms with Crippen molar-refractivity contribution in [1.29, 1.82) is 0 Å². The summed E-state index contributed by atoms with van der Waals surface area (Å²) < 4.78 is 0. The molecule has 0 unspecified atom stereocenters. The van der Waals surface area contributed by atoms with E-state index in [4.69, 9.17) is 18.0 Å². The molecule has 2 aromatic rings. The molecule has 2 nitrogen and oxygen atoms in total. The van der Waals surface area contributed by atoms with Crippen molar-refractivity contribution in [3.63, 3.8) is 0 Å². The van der Waals surface area contributed by atoms with Gasteiger partial charge in [-0.1, -0.05) is 54.7 Å². The number of benzene rings is 2. The number of hydrogen-bond donors (Lipinski definition) is 1. The second-order valence-electron chi connectivity index (χ2n) is 3.58. The molecule has 0 amide bonds. The summed E-state index contributed by atoms with van der Waals surface area (Å²) in [5, 5.41) is 0. The van der Waals surface area contributed by atoms with E-state index in [1.807, 2.05) is 60.8 Å². The minimum absolute atomic E-state index is 0.413. The molecule has 0 radical (unpaired) electrons. The Morgan fingerprint density at radius 1 is 1.00 bits per heavy atom. The van der Waals surface area contributed by atoms with Gasteiger partial charge in [0.25, 0.3) is 0 Å². The minimum atomic E-state index is 0.413. The molecule has 17 heavy (non-hydrogen) atoms. The fourth-order valence-corrected chi connectivity index (χ4v) is 1.53. The molecular formula is C14H12N2S. The number of para-hydroxylation sites is 1. The summed E-state index contributed by atoms with van der Waals surface area (Å²) in [6.45, 7) is 0. The zero-order chi connectivity index (χ0) is 12.1. The van der Waals surface area contributed by atoms with Crippen molar-refractivity contribution in [2.45, 2.75) is 0 Å². The van der Waals surface area contributed by atoms with E-state index in [1.165, 1.54) is 0 Å². The Labute approximate surface area is 106 Å². The van der Waals surface area contributed by atoms with Gasteiger partial charge in [0.1, 0.15) is 4.99 Å². The highest BCUT2D eigenvalue weighted by atomic mass is 32.1. The lowest BCUT2D eigenvalue weighted by Crippen LogP contribution is -2.08. The zero-order valence-electron chi connectivity index (χ0n) is 9.21. The first-order chi connectivity index (χ1) is 8.25. The summed E-state index contributed by atoms with van der Waals surface area (Å²) in [5.74, 6) is 0. The van der Waals surface area contributed by atoms with Gasteiger partial charge in [0.05, 0.1) is 5.69 Å². The van der Waals surface area contributed by atoms with Crippen molar-refractivity contribution in [2.24, 2.45) is 10.7 Å². The van der Waals surface area contributed by atoms with Gasteiger partial charge in [-0.3, -0.25) is 4.99 Å². The standard InChI is InChI=1S/C14H12N2S/c15-14(17)12-8-6-11(7-9-12)10-16-13-4-2-1-3-5-13/h1-10H,(H2,15,17). The molecule has 0 bridgehead atoms. The molecule has 0 aliphatic heterocycles. The van der Waals surface area contributed by atoms with Crippen molar-refractivity contribution >= 4 is 29.1 Å². The molecule has 0 aromatic heterocycles. The molecule has 0 fully saturated rings. The van der Waals surface area contributed by atoms with Gasteiger partial charge in [-0.05, 0) is 17.7 Å². The van der Waals surface area contributed by atoms with E-state index in [-0.39, 0.29) is 0 Å². The van der Waals surface area contributed by atoms with E-state index in [1.54, 1.807) is 0 Å². The lowest BCUT2D eigenvalue weighted by atomic mass is 10.1. The van der Waals surface area contributed by atoms with E-state index in [2.05, 4.69) is 4.99 Å². The van der Waals surface area contributed by atoms with Crippen LogP contribution in [0.3, 0.4) is 0 Å². The largest absolute Gasteiger partial charge is 0.389 e. The summed E-state index contributed by atoms with van der Waals surface area (Å²) in [7, 11) is 0. The quantitative estimate of drug-likeness (QED) is 0.661. The second-order valence-corrected chi connectivity index (χ2v) is 4.02. The van der Waals surface area contributed by atoms with Crippen LogP contribution in [0.15, 0.2) is 59.6 Å². The predicted octanol–water partition coefficient (Wildman–Crippen LogP) is 3.07. The van der Waals surface area contributed by atoms with E-state index in [9.17, 15) is 0 Å². The number of hydrogen-bond acceptors (Lipinski definition) is 2. The van der Waals surface area contributed by atoms with Crippen LogP contribution in [0.2, 0.25) is 0 Å². The Morgan fingerprint density at radius 2 is 1.65 bits per heavy atom. The molecule has 0 aliphatic carbocycles. The second kappa shape index (κ2) is 5.37. The maximum Gasteiger partial charge on any atom is 0.103 e. The summed E-state index contributed by atoms with van der Waals surface area (Å²) >= 11 is 4.89. The zero-order valence-corrected chi connectivity index (χ0v) is 10.0. The van der Waals surface area contributed by atoms with E-state index in [0.717, 1.165) is 16.8 Å². The van der Waals surface area contributed by atoms with Crippen LogP contribution in [0.25, 0.3) is 0 Å². The summed E-state index contributed by atoms with van der Waals surface area (Å²) in [5.41, 5.74) is 8.36. The van der Waals surface area contributed by atoms with Gasteiger partial charge >= 0.3 is 0 Å². The van der Waals surface area contributed by atoms with Crippen molar-refractivity contribution in [2.75, 3.05) is 0 Å². The van der Waals surface area contributed by atoms with Crippen LogP contribution in [0.4, 0.5) is 5.69 Å². The molecule has 0 aliphatic rings. The van der Waals surface area contributed by atoms with Crippen LogP contribution < -0.4 is 5.73 Å². The third-order valence-corrected chi connectivity index (χ3v) is 2.55. The molecule has 0 spiro atoms. The fourth-order valence-electron chi connectivity index (χ4n) is 1.40. The van der Waals surface area contributed by atoms with E-state index >= 15 is 0 Å². The maximum absolute atomic E-state index is 5.53. The molecular weight excluding hydrogens is 228 g/mol. The molecule has 0 saturated carbocycles. The van der Waals surface area contributed by atoms with Crippen molar-refractivity contribution in [3.05, 3.63) is 65.7 Å². The monoisotopic (exact) mass is 240 g/mol. The number of nitrogens with zero attached hydrogens (tertiary/aromatic N) is 1. The Bertz CT molecular complexity index is 530. The summed E-state index contributed by atoms with van der Waals surface area (Å²) in [4.78, 5) is 4.78. The molecule has 2 rings (SSSR count). The number of aliphatic imine (C=N–C) groups is 1. The molecule has 2 aromatic carbocycles. The van der Waals surface area contributed by atoms with Crippen molar-refractivity contribution in [3.8, 4) is 0 Å². The van der Waals surface area contributed by atoms with Gasteiger partial charge in [0.15, 0.2) is 0 Å². The van der Waals surface area contributed by atoms with Crippen molar-refractivity contribution in [1.82, 2.24) is 0 Å². The predicted molar refractivity (Wildman–Crippen MR) is 76.0 cm³/mol. The van der Waals surface area contributed by atoms with Crippen LogP contribution in [0.5, 0.6) is 0 Å². The maximum atomic E-state index is 5.53. The Morgan fingerprint density at radius 3 is 2.24 bits per heavy atom. The average molecular weight is 240 g/mol. The van der Waals surface area contributed by atoms with Gasteiger partial charge in [0.2, 0.25) is 0 Å². The Balaban J connectivity index is 2.14. The van der Waals surface area contributed by atoms with E-state index < -0.39 is 0 Å². The van der Waals surface area contributed by atoms with Crippen LogP contribution >= 0.6 is 12.2 Å². The van der Waals surface area contributed by atoms with Crippen LogP contribution in [-0.4, -0.2) is 11.2 Å². The number of thiocarbonyl (C=S) groups is 1. The summed E-state index contributed by atoms with van der Waals surface area (Å²) in [6, 6.07) is 17.5. The smallest absolute Gasteiger partial charge is 0.103 e. The lowest BCUT2D eigenvalue weighted by Gasteiger charge is -1.98. The van der Waals surface area contributed by atoms with Gasteiger partial charge < -0.3 is 5.73 Å². The third kappa shape index (κ3) is 3.23. The average Bonchev–Trinajstić information content (AvgIpc) is 2.38. The van der Waals surface area contributed by atoms with Crippen LogP contribution in [0.1, 0.15) is 11.1 Å². The molecule has 84 valence electrons. The third-order valence-electron chi connectivity index (χ3n) is 2.31. The molecule has 0 heterocycles. The van der Waals surface area contributed by atoms with Gasteiger partial charge in [0, 0.05) is 11.8 Å². The van der Waals surface area contributed by atoms with E-state index in [0.29, 0.717) is 4.99 Å². The molecule has 0 atom stereocenters. The van der Waals surface area contributed by atoms with Gasteiger partial charge in [-0.25, -0.2) is 0 Å². The molecule has 3 heteroatoms. The Hall–Kier alpha value is -2.00. The summed E-state index contributed by atoms with van der Waals surface area (Å²) in [6.07, 6.45) is 1.82. The first-order valence-corrected chi connectivity index (χ1v) is 5.65. The van der Waals surface area contributed by atoms with Crippen LogP contribution in [-0.2, 0) is 0 Å². The highest BCUT2D eigenvalue weighted by Crippen LogP contribution is 2.10. The normalized spacial score (nSPS) is 10.6. The highest BCUT2D eigenvalue weighted by molar-refractivity contribution is 7.80. The highest BCUT2D eigenvalue weighted by Gasteiger charge is 1.94. The number of rotatable bonds is 3. The molecule has 0 saturated heterocycles. The topological polar surface area (TPSA) is 38.4 Å². The minimum Gasteiger partial charge on any atom is -0.389 e. The van der Waals surface area contributed by atoms with Crippen LogP contribution in [0, 0.1) is 0 Å². The lowest BCUT2D eigenvalue weighted by molar-refractivity contribution is 1.52. The first kappa shape index (κ1) is 11.5. The number of nitrogens with two attached hydrogens (primary N) is 1. The Kier molecular flexibility index (Phi) is 3.62.